The number of amidine groups is 1. The molecule has 2 fully saturated rings. The second kappa shape index (κ2) is 11.0. The fourth-order valence-corrected chi connectivity index (χ4v) is 6.01. The first-order valence-corrected chi connectivity index (χ1v) is 13.9. The molecule has 4 aliphatic heterocycles. The molecular weight excluding hydrogens is 452 g/mol. The Hall–Kier alpha value is -2.29. The largest absolute Gasteiger partial charge is 0.490 e. The molecule has 8 nitrogen and oxygen atoms in total. The van der Waals surface area contributed by atoms with E-state index in [9.17, 15) is 0 Å². The van der Waals surface area contributed by atoms with Gasteiger partial charge in [-0.25, -0.2) is 4.99 Å². The van der Waals surface area contributed by atoms with Crippen molar-refractivity contribution >= 4 is 11.5 Å². The summed E-state index contributed by atoms with van der Waals surface area (Å²) in [5.41, 5.74) is 10.1. The summed E-state index contributed by atoms with van der Waals surface area (Å²) in [4.78, 5) is 10.0. The molecule has 1 aromatic rings. The van der Waals surface area contributed by atoms with Crippen LogP contribution in [0, 0.1) is 5.92 Å². The standard InChI is InChI=1S/C28H44N6O2/c1-20(2)34-13-7-23(8-14-34)28(29)31-21(3)17-26(32-28)30-24-18-22-9-16-36-27(22)25(19-24)35-15-6-12-33-10-4-5-11-33/h17-20,23,31H,4-16,29H2,1-3H3,(H,30,32). The number of piperidine rings is 1. The van der Waals surface area contributed by atoms with E-state index < -0.39 is 5.79 Å². The van der Waals surface area contributed by atoms with Crippen LogP contribution in [0.4, 0.5) is 5.69 Å². The number of likely N-dealkylation sites (tertiary alicyclic amines) is 2. The molecule has 2 saturated heterocycles. The van der Waals surface area contributed by atoms with Gasteiger partial charge in [-0.3, -0.25) is 5.73 Å². The van der Waals surface area contributed by atoms with E-state index in [1.165, 1.54) is 31.5 Å². The van der Waals surface area contributed by atoms with E-state index in [1.807, 2.05) is 12.1 Å². The van der Waals surface area contributed by atoms with Crippen LogP contribution in [0.2, 0.25) is 0 Å². The molecule has 1 atom stereocenters. The Morgan fingerprint density at radius 1 is 1.22 bits per heavy atom. The fourth-order valence-electron chi connectivity index (χ4n) is 6.01. The molecule has 0 amide bonds. The van der Waals surface area contributed by atoms with Gasteiger partial charge in [0.2, 0.25) is 0 Å². The highest BCUT2D eigenvalue weighted by atomic mass is 16.5. The smallest absolute Gasteiger partial charge is 0.187 e. The molecule has 1 unspecified atom stereocenters. The number of nitrogens with zero attached hydrogens (tertiary/aromatic N) is 3. The van der Waals surface area contributed by atoms with Gasteiger partial charge < -0.3 is 29.9 Å². The first-order valence-electron chi connectivity index (χ1n) is 13.9. The zero-order valence-electron chi connectivity index (χ0n) is 22.3. The highest BCUT2D eigenvalue weighted by Crippen LogP contribution is 2.39. The van der Waals surface area contributed by atoms with Gasteiger partial charge in [0.05, 0.1) is 13.2 Å². The maximum absolute atomic E-state index is 6.90. The summed E-state index contributed by atoms with van der Waals surface area (Å²) in [6, 6.07) is 4.78. The number of rotatable bonds is 8. The molecule has 0 spiro atoms. The number of anilines is 1. The van der Waals surface area contributed by atoms with Crippen molar-refractivity contribution in [3.8, 4) is 11.5 Å². The first-order chi connectivity index (χ1) is 17.4. The van der Waals surface area contributed by atoms with Crippen molar-refractivity contribution in [2.75, 3.05) is 51.3 Å². The van der Waals surface area contributed by atoms with Crippen molar-refractivity contribution in [3.63, 3.8) is 0 Å². The van der Waals surface area contributed by atoms with Crippen molar-refractivity contribution in [2.24, 2.45) is 16.6 Å². The van der Waals surface area contributed by atoms with Crippen LogP contribution < -0.4 is 25.8 Å². The number of allylic oxidation sites excluding steroid dienone is 1. The van der Waals surface area contributed by atoms with Gasteiger partial charge in [-0.1, -0.05) is 0 Å². The fraction of sp³-hybridized carbons (Fsp3) is 0.679. The zero-order valence-corrected chi connectivity index (χ0v) is 22.3. The van der Waals surface area contributed by atoms with E-state index in [-0.39, 0.29) is 5.92 Å². The zero-order chi connectivity index (χ0) is 25.1. The third kappa shape index (κ3) is 5.82. The number of aliphatic imine (C=N–C) groups is 1. The summed E-state index contributed by atoms with van der Waals surface area (Å²) in [7, 11) is 0. The minimum absolute atomic E-state index is 0.288. The summed E-state index contributed by atoms with van der Waals surface area (Å²) in [5.74, 6) is 2.00. The van der Waals surface area contributed by atoms with Crippen LogP contribution in [-0.4, -0.2) is 73.4 Å². The van der Waals surface area contributed by atoms with Gasteiger partial charge in [0.25, 0.3) is 0 Å². The van der Waals surface area contributed by atoms with Crippen molar-refractivity contribution in [1.29, 1.82) is 0 Å². The maximum Gasteiger partial charge on any atom is 0.187 e. The topological polar surface area (TPSA) is 87.4 Å². The second-order valence-electron chi connectivity index (χ2n) is 11.1. The Labute approximate surface area is 216 Å². The number of hydrogen-bond donors (Lipinski definition) is 3. The molecule has 36 heavy (non-hydrogen) atoms. The molecule has 0 bridgehead atoms. The molecular formula is C28H44N6O2. The Morgan fingerprint density at radius 3 is 2.75 bits per heavy atom. The molecule has 0 aliphatic carbocycles. The molecule has 5 rings (SSSR count). The maximum atomic E-state index is 6.90. The van der Waals surface area contributed by atoms with Gasteiger partial charge in [-0.15, -0.1) is 0 Å². The summed E-state index contributed by atoms with van der Waals surface area (Å²) >= 11 is 0. The van der Waals surface area contributed by atoms with Crippen molar-refractivity contribution in [2.45, 2.75) is 71.1 Å². The minimum Gasteiger partial charge on any atom is -0.490 e. The van der Waals surface area contributed by atoms with E-state index in [2.05, 4.69) is 47.3 Å². The number of benzene rings is 1. The van der Waals surface area contributed by atoms with Gasteiger partial charge >= 0.3 is 0 Å². The quantitative estimate of drug-likeness (QED) is 0.475. The Kier molecular flexibility index (Phi) is 7.74. The highest BCUT2D eigenvalue weighted by Gasteiger charge is 2.39. The SMILES string of the molecule is CC1=CC(Nc2cc3c(c(OCCCN4CCCC4)c2)OCC3)=NC(N)(C2CCN(C(C)C)CC2)N1. The number of ether oxygens (including phenoxy) is 2. The second-order valence-corrected chi connectivity index (χ2v) is 11.1. The number of fused-ring (bicyclic) bond motifs is 1. The Bertz CT molecular complexity index is 978. The van der Waals surface area contributed by atoms with Crippen molar-refractivity contribution in [1.82, 2.24) is 15.1 Å². The average molecular weight is 497 g/mol. The Morgan fingerprint density at radius 2 is 2.00 bits per heavy atom. The predicted octanol–water partition coefficient (Wildman–Crippen LogP) is 3.54. The molecule has 4 aliphatic rings. The van der Waals surface area contributed by atoms with Gasteiger partial charge in [-0.2, -0.15) is 0 Å². The number of hydrogen-bond acceptors (Lipinski definition) is 8. The van der Waals surface area contributed by atoms with E-state index in [1.54, 1.807) is 0 Å². The lowest BCUT2D eigenvalue weighted by Gasteiger charge is -2.43. The average Bonchev–Trinajstić information content (AvgIpc) is 3.53. The van der Waals surface area contributed by atoms with Crippen LogP contribution >= 0.6 is 0 Å². The van der Waals surface area contributed by atoms with Crippen LogP contribution in [0.15, 0.2) is 28.9 Å². The molecule has 4 N–H and O–H groups in total. The van der Waals surface area contributed by atoms with E-state index in [0.717, 1.165) is 74.0 Å². The Balaban J connectivity index is 1.26. The van der Waals surface area contributed by atoms with Crippen molar-refractivity contribution < 1.29 is 9.47 Å². The summed E-state index contributed by atoms with van der Waals surface area (Å²) in [5, 5.41) is 7.01. The third-order valence-corrected chi connectivity index (χ3v) is 8.04. The summed E-state index contributed by atoms with van der Waals surface area (Å²) < 4.78 is 12.2. The normalized spacial score (nSPS) is 25.2. The molecule has 1 aromatic carbocycles. The highest BCUT2D eigenvalue weighted by molar-refractivity contribution is 6.05. The summed E-state index contributed by atoms with van der Waals surface area (Å²) in [6.07, 6.45) is 8.68. The van der Waals surface area contributed by atoms with E-state index >= 15 is 0 Å². The van der Waals surface area contributed by atoms with Crippen LogP contribution in [0.5, 0.6) is 11.5 Å². The van der Waals surface area contributed by atoms with Crippen LogP contribution in [0.1, 0.15) is 58.4 Å². The lowest BCUT2D eigenvalue weighted by Crippen LogP contribution is -2.61. The van der Waals surface area contributed by atoms with Crippen LogP contribution in [0.3, 0.4) is 0 Å². The van der Waals surface area contributed by atoms with Gasteiger partial charge in [-0.05, 0) is 91.2 Å². The van der Waals surface area contributed by atoms with Crippen LogP contribution in [-0.2, 0) is 6.42 Å². The van der Waals surface area contributed by atoms with Gasteiger partial charge in [0.15, 0.2) is 17.3 Å². The monoisotopic (exact) mass is 496 g/mol. The number of nitrogens with two attached hydrogens (primary N) is 1. The van der Waals surface area contributed by atoms with Crippen molar-refractivity contribution in [3.05, 3.63) is 29.5 Å². The number of nitrogens with one attached hydrogen (secondary N) is 2. The first kappa shape index (κ1) is 25.4. The molecule has 198 valence electrons. The summed E-state index contributed by atoms with van der Waals surface area (Å²) in [6.45, 7) is 13.7. The molecule has 4 heterocycles. The molecule has 0 aromatic heterocycles. The van der Waals surface area contributed by atoms with Crippen LogP contribution in [0.25, 0.3) is 0 Å². The van der Waals surface area contributed by atoms with E-state index in [0.29, 0.717) is 19.3 Å². The lowest BCUT2D eigenvalue weighted by atomic mass is 9.88. The van der Waals surface area contributed by atoms with E-state index in [4.69, 9.17) is 20.2 Å². The van der Waals surface area contributed by atoms with Gasteiger partial charge in [0.1, 0.15) is 5.84 Å². The third-order valence-electron chi connectivity index (χ3n) is 8.04. The molecule has 0 radical (unpaired) electrons. The lowest BCUT2D eigenvalue weighted by molar-refractivity contribution is 0.0985. The predicted molar refractivity (Wildman–Crippen MR) is 146 cm³/mol. The molecule has 0 saturated carbocycles. The molecule has 8 heteroatoms. The minimum atomic E-state index is -0.793. The van der Waals surface area contributed by atoms with Gasteiger partial charge in [0, 0.05) is 47.9 Å².